The van der Waals surface area contributed by atoms with Gasteiger partial charge < -0.3 is 0 Å². The van der Waals surface area contributed by atoms with Crippen molar-refractivity contribution in [2.24, 2.45) is 0 Å². The molecule has 0 atom stereocenters. The van der Waals surface area contributed by atoms with Crippen molar-refractivity contribution in [2.45, 2.75) is 56.2 Å². The first-order valence-corrected chi connectivity index (χ1v) is 11.2. The van der Waals surface area contributed by atoms with Gasteiger partial charge >= 0.3 is 0 Å². The van der Waals surface area contributed by atoms with Crippen molar-refractivity contribution in [3.63, 3.8) is 0 Å². The summed E-state index contributed by atoms with van der Waals surface area (Å²) in [7, 11) is -7.66. The maximum Gasteiger partial charge on any atom is 0.264 e. The molecule has 0 fully saturated rings. The van der Waals surface area contributed by atoms with E-state index in [0.29, 0.717) is 13.1 Å². The number of hydrogen-bond donors (Lipinski definition) is 1. The van der Waals surface area contributed by atoms with Gasteiger partial charge in [-0.3, -0.25) is 4.79 Å². The highest BCUT2D eigenvalue weighted by atomic mass is 32.2. The normalized spacial score (nSPS) is 12.3. The van der Waals surface area contributed by atoms with E-state index in [2.05, 4.69) is 0 Å². The minimum Gasteiger partial charge on any atom is -0.274 e. The molecule has 0 aliphatic carbocycles. The number of benzene rings is 1. The van der Waals surface area contributed by atoms with Crippen molar-refractivity contribution in [3.8, 4) is 0 Å². The number of carbonyl (C=O) groups excluding carboxylic acids is 1. The van der Waals surface area contributed by atoms with Gasteiger partial charge in [-0.05, 0) is 37.1 Å². The maximum atomic E-state index is 12.8. The Morgan fingerprint density at radius 2 is 1.36 bits per heavy atom. The summed E-state index contributed by atoms with van der Waals surface area (Å²) in [6, 6.07) is 4.90. The van der Waals surface area contributed by atoms with Crippen LogP contribution in [0.5, 0.6) is 0 Å². The molecule has 1 aromatic rings. The molecule has 0 aromatic heterocycles. The molecular weight excluding hydrogens is 364 g/mol. The zero-order chi connectivity index (χ0) is 19.1. The third kappa shape index (κ3) is 6.09. The Balaban J connectivity index is 3.10. The summed E-state index contributed by atoms with van der Waals surface area (Å²) in [5.74, 6) is -0.706. The van der Waals surface area contributed by atoms with Crippen molar-refractivity contribution >= 4 is 26.0 Å². The fourth-order valence-corrected chi connectivity index (χ4v) is 4.72. The minimum atomic E-state index is -3.98. The number of carbonyl (C=O) groups is 1. The number of nitrogens with zero attached hydrogens (tertiary/aromatic N) is 1. The fourth-order valence-electron chi connectivity index (χ4n) is 2.21. The number of unbranched alkanes of at least 4 members (excludes halogenated alkanes) is 2. The molecular formula is C16H26N2O5S2. The van der Waals surface area contributed by atoms with Crippen LogP contribution in [0.25, 0.3) is 0 Å². The van der Waals surface area contributed by atoms with Crippen molar-refractivity contribution in [3.05, 3.63) is 24.3 Å². The molecule has 1 rings (SSSR count). The van der Waals surface area contributed by atoms with Crippen LogP contribution in [-0.4, -0.2) is 40.1 Å². The summed E-state index contributed by atoms with van der Waals surface area (Å²) in [5.41, 5.74) is 0. The zero-order valence-electron chi connectivity index (χ0n) is 14.9. The lowest BCUT2D eigenvalue weighted by molar-refractivity contribution is -0.117. The monoisotopic (exact) mass is 390 g/mol. The average Bonchev–Trinajstić information content (AvgIpc) is 2.53. The lowest BCUT2D eigenvalue weighted by Crippen LogP contribution is -2.33. The largest absolute Gasteiger partial charge is 0.274 e. The van der Waals surface area contributed by atoms with Crippen LogP contribution in [-0.2, 0) is 24.8 Å². The predicted molar refractivity (Wildman–Crippen MR) is 96.0 cm³/mol. The molecule has 0 radical (unpaired) electrons. The number of nitrogens with one attached hydrogen (secondary N) is 1. The van der Waals surface area contributed by atoms with Crippen LogP contribution in [0.15, 0.2) is 34.1 Å². The van der Waals surface area contributed by atoms with Gasteiger partial charge in [0, 0.05) is 20.0 Å². The SMILES string of the molecule is CCCCN(CCCC)S(=O)(=O)c1ccc(S(=O)(=O)NC(C)=O)cc1. The molecule has 9 heteroatoms. The second-order valence-electron chi connectivity index (χ2n) is 5.74. The van der Waals surface area contributed by atoms with Crippen LogP contribution in [0, 0.1) is 0 Å². The molecule has 0 heterocycles. The summed E-state index contributed by atoms with van der Waals surface area (Å²) >= 11 is 0. The summed E-state index contributed by atoms with van der Waals surface area (Å²) in [6.45, 7) is 5.95. The second kappa shape index (κ2) is 9.30. The van der Waals surface area contributed by atoms with Crippen LogP contribution < -0.4 is 4.72 Å². The number of hydrogen-bond acceptors (Lipinski definition) is 5. The molecule has 0 spiro atoms. The Kier molecular flexibility index (Phi) is 8.04. The molecule has 0 unspecified atom stereocenters. The van der Waals surface area contributed by atoms with Gasteiger partial charge in [0.15, 0.2) is 0 Å². The quantitative estimate of drug-likeness (QED) is 0.659. The molecule has 1 N–H and O–H groups in total. The van der Waals surface area contributed by atoms with Crippen molar-refractivity contribution < 1.29 is 21.6 Å². The first-order chi connectivity index (χ1) is 11.6. The number of amides is 1. The Labute approximate surface area is 150 Å². The third-order valence-corrected chi connectivity index (χ3v) is 6.93. The van der Waals surface area contributed by atoms with E-state index in [1.807, 2.05) is 18.6 Å². The van der Waals surface area contributed by atoms with E-state index in [0.717, 1.165) is 32.6 Å². The Bertz CT molecular complexity index is 763. The molecule has 0 aliphatic rings. The van der Waals surface area contributed by atoms with Crippen LogP contribution >= 0.6 is 0 Å². The van der Waals surface area contributed by atoms with Gasteiger partial charge in [0.05, 0.1) is 9.79 Å². The van der Waals surface area contributed by atoms with Crippen LogP contribution in [0.3, 0.4) is 0 Å². The van der Waals surface area contributed by atoms with E-state index < -0.39 is 26.0 Å². The van der Waals surface area contributed by atoms with E-state index in [9.17, 15) is 21.6 Å². The fraction of sp³-hybridized carbons (Fsp3) is 0.562. The summed E-state index contributed by atoms with van der Waals surface area (Å²) in [5, 5.41) is 0. The van der Waals surface area contributed by atoms with Crippen molar-refractivity contribution in [2.75, 3.05) is 13.1 Å². The standard InChI is InChI=1S/C16H26N2O5S2/c1-4-6-12-18(13-7-5-2)25(22,23)16-10-8-15(9-11-16)24(20,21)17-14(3)19/h8-11H,4-7,12-13H2,1-3H3,(H,17,19). The average molecular weight is 391 g/mol. The van der Waals surface area contributed by atoms with Crippen molar-refractivity contribution in [1.82, 2.24) is 9.03 Å². The smallest absolute Gasteiger partial charge is 0.264 e. The zero-order valence-corrected chi connectivity index (χ0v) is 16.5. The Hall–Kier alpha value is -1.45. The Morgan fingerprint density at radius 3 is 1.76 bits per heavy atom. The first-order valence-electron chi connectivity index (χ1n) is 8.28. The molecule has 0 aliphatic heterocycles. The van der Waals surface area contributed by atoms with Gasteiger partial charge in [-0.1, -0.05) is 26.7 Å². The molecule has 0 saturated heterocycles. The maximum absolute atomic E-state index is 12.8. The molecule has 7 nitrogen and oxygen atoms in total. The third-order valence-electron chi connectivity index (χ3n) is 3.57. The molecule has 1 aromatic carbocycles. The van der Waals surface area contributed by atoms with E-state index >= 15 is 0 Å². The topological polar surface area (TPSA) is 101 Å². The molecule has 0 saturated carbocycles. The summed E-state index contributed by atoms with van der Waals surface area (Å²) in [6.07, 6.45) is 3.29. The highest BCUT2D eigenvalue weighted by Gasteiger charge is 2.24. The lowest BCUT2D eigenvalue weighted by Gasteiger charge is -2.22. The van der Waals surface area contributed by atoms with Gasteiger partial charge in [0.2, 0.25) is 15.9 Å². The van der Waals surface area contributed by atoms with Gasteiger partial charge in [-0.2, -0.15) is 4.31 Å². The van der Waals surface area contributed by atoms with Crippen LogP contribution in [0.4, 0.5) is 0 Å². The first kappa shape index (κ1) is 21.6. The molecule has 1 amide bonds. The second-order valence-corrected chi connectivity index (χ2v) is 9.36. The van der Waals surface area contributed by atoms with Gasteiger partial charge in [0.25, 0.3) is 10.0 Å². The van der Waals surface area contributed by atoms with E-state index in [4.69, 9.17) is 0 Å². The highest BCUT2D eigenvalue weighted by molar-refractivity contribution is 7.90. The predicted octanol–water partition coefficient (Wildman–Crippen LogP) is 2.10. The van der Waals surface area contributed by atoms with Crippen LogP contribution in [0.1, 0.15) is 46.5 Å². The van der Waals surface area contributed by atoms with Gasteiger partial charge in [0.1, 0.15) is 0 Å². The lowest BCUT2D eigenvalue weighted by atomic mass is 10.3. The minimum absolute atomic E-state index is 0.0430. The molecule has 0 bridgehead atoms. The van der Waals surface area contributed by atoms with Gasteiger partial charge in [-0.25, -0.2) is 21.6 Å². The van der Waals surface area contributed by atoms with Crippen LogP contribution in [0.2, 0.25) is 0 Å². The van der Waals surface area contributed by atoms with E-state index in [1.165, 1.54) is 28.6 Å². The highest BCUT2D eigenvalue weighted by Crippen LogP contribution is 2.19. The summed E-state index contributed by atoms with van der Waals surface area (Å²) in [4.78, 5) is 10.8. The molecule has 25 heavy (non-hydrogen) atoms. The van der Waals surface area contributed by atoms with E-state index in [1.54, 1.807) is 0 Å². The summed E-state index contributed by atoms with van der Waals surface area (Å²) < 4.78 is 52.7. The van der Waals surface area contributed by atoms with Crippen molar-refractivity contribution in [1.29, 1.82) is 0 Å². The van der Waals surface area contributed by atoms with E-state index in [-0.39, 0.29) is 9.79 Å². The van der Waals surface area contributed by atoms with Gasteiger partial charge in [-0.15, -0.1) is 0 Å². The number of sulfonamides is 2. The number of rotatable bonds is 10. The molecule has 142 valence electrons. The Morgan fingerprint density at radius 1 is 0.920 bits per heavy atom.